The molecule has 6 nitrogen and oxygen atoms in total. The number of hydrogen-bond donors (Lipinski definition) is 1. The van der Waals surface area contributed by atoms with E-state index in [0.29, 0.717) is 37.2 Å². The number of hydrogen-bond acceptors (Lipinski definition) is 4. The van der Waals surface area contributed by atoms with Crippen molar-refractivity contribution in [2.24, 2.45) is 0 Å². The van der Waals surface area contributed by atoms with Crippen LogP contribution < -0.4 is 15.0 Å². The molecular weight excluding hydrogens is 458 g/mol. The van der Waals surface area contributed by atoms with E-state index in [2.05, 4.69) is 26.2 Å². The number of halogens is 1. The predicted molar refractivity (Wildman–Crippen MR) is 124 cm³/mol. The van der Waals surface area contributed by atoms with Crippen molar-refractivity contribution in [1.82, 2.24) is 10.3 Å². The van der Waals surface area contributed by atoms with E-state index in [-0.39, 0.29) is 11.8 Å². The van der Waals surface area contributed by atoms with Crippen LogP contribution in [0.4, 0.5) is 5.69 Å². The van der Waals surface area contributed by atoms with E-state index in [9.17, 15) is 9.59 Å². The number of pyridine rings is 1. The van der Waals surface area contributed by atoms with Crippen molar-refractivity contribution in [2.45, 2.75) is 19.4 Å². The maximum absolute atomic E-state index is 13.0. The van der Waals surface area contributed by atoms with Crippen LogP contribution in [0.5, 0.6) is 5.75 Å². The molecule has 0 aliphatic carbocycles. The number of anilines is 1. The fraction of sp³-hybridized carbons (Fsp3) is 0.208. The summed E-state index contributed by atoms with van der Waals surface area (Å²) in [7, 11) is 1.58. The predicted octanol–water partition coefficient (Wildman–Crippen LogP) is 4.60. The van der Waals surface area contributed by atoms with Crippen LogP contribution in [0.1, 0.15) is 28.9 Å². The highest BCUT2D eigenvalue weighted by Gasteiger charge is 2.17. The summed E-state index contributed by atoms with van der Waals surface area (Å²) in [6, 6.07) is 20.2. The molecule has 1 N–H and O–H groups in total. The van der Waals surface area contributed by atoms with Crippen LogP contribution in [0.25, 0.3) is 0 Å². The molecule has 0 unspecified atom stereocenters. The van der Waals surface area contributed by atoms with Crippen molar-refractivity contribution in [3.05, 3.63) is 88.7 Å². The van der Waals surface area contributed by atoms with E-state index in [1.807, 2.05) is 42.5 Å². The highest BCUT2D eigenvalue weighted by atomic mass is 79.9. The van der Waals surface area contributed by atoms with Gasteiger partial charge in [-0.2, -0.15) is 0 Å². The zero-order valence-electron chi connectivity index (χ0n) is 17.3. The number of benzene rings is 2. The fourth-order valence-electron chi connectivity index (χ4n) is 3.02. The molecule has 2 aromatic carbocycles. The second-order valence-electron chi connectivity index (χ2n) is 6.87. The summed E-state index contributed by atoms with van der Waals surface area (Å²) >= 11 is 3.43. The molecule has 1 heterocycles. The summed E-state index contributed by atoms with van der Waals surface area (Å²) in [6.07, 6.45) is 2.57. The molecule has 0 bridgehead atoms. The topological polar surface area (TPSA) is 71.5 Å². The normalized spacial score (nSPS) is 10.4. The number of nitrogens with zero attached hydrogens (tertiary/aromatic N) is 2. The largest absolute Gasteiger partial charge is 0.497 e. The van der Waals surface area contributed by atoms with E-state index in [0.717, 1.165) is 15.9 Å². The summed E-state index contributed by atoms with van der Waals surface area (Å²) in [5, 5.41) is 2.86. The minimum atomic E-state index is -0.173. The number of methoxy groups -OCH3 is 1. The van der Waals surface area contributed by atoms with Gasteiger partial charge >= 0.3 is 0 Å². The first-order valence-electron chi connectivity index (χ1n) is 9.95. The second-order valence-corrected chi connectivity index (χ2v) is 7.78. The number of amides is 2. The highest BCUT2D eigenvalue weighted by molar-refractivity contribution is 9.10. The Hall–Kier alpha value is -3.19. The Morgan fingerprint density at radius 3 is 2.42 bits per heavy atom. The lowest BCUT2D eigenvalue weighted by atomic mass is 10.2. The van der Waals surface area contributed by atoms with Crippen LogP contribution in [0.15, 0.2) is 77.4 Å². The zero-order chi connectivity index (χ0) is 22.1. The number of rotatable bonds is 9. The molecule has 1 aromatic heterocycles. The van der Waals surface area contributed by atoms with E-state index >= 15 is 0 Å². The van der Waals surface area contributed by atoms with Gasteiger partial charge in [-0.15, -0.1) is 0 Å². The average Bonchev–Trinajstić information content (AvgIpc) is 2.81. The van der Waals surface area contributed by atoms with Gasteiger partial charge in [-0.05, 0) is 67.1 Å². The van der Waals surface area contributed by atoms with Gasteiger partial charge in [-0.3, -0.25) is 14.6 Å². The van der Waals surface area contributed by atoms with Crippen LogP contribution in [0.3, 0.4) is 0 Å². The first kappa shape index (κ1) is 22.5. The lowest BCUT2D eigenvalue weighted by molar-refractivity contribution is -0.118. The van der Waals surface area contributed by atoms with Crippen molar-refractivity contribution in [3.8, 4) is 5.75 Å². The molecule has 3 rings (SSSR count). The summed E-state index contributed by atoms with van der Waals surface area (Å²) in [5.41, 5.74) is 2.17. The van der Waals surface area contributed by atoms with Crippen LogP contribution in [0.2, 0.25) is 0 Å². The van der Waals surface area contributed by atoms with Gasteiger partial charge in [0.25, 0.3) is 5.91 Å². The number of nitrogens with one attached hydrogen (secondary N) is 1. The van der Waals surface area contributed by atoms with Gasteiger partial charge in [0.15, 0.2) is 0 Å². The number of aromatic nitrogens is 1. The van der Waals surface area contributed by atoms with E-state index < -0.39 is 0 Å². The van der Waals surface area contributed by atoms with Crippen LogP contribution in [-0.2, 0) is 11.3 Å². The first-order valence-corrected chi connectivity index (χ1v) is 10.7. The van der Waals surface area contributed by atoms with Gasteiger partial charge in [-0.25, -0.2) is 0 Å². The molecule has 160 valence electrons. The molecule has 0 fully saturated rings. The minimum Gasteiger partial charge on any atom is -0.497 e. The maximum Gasteiger partial charge on any atom is 0.251 e. The number of carbonyl (C=O) groups excluding carboxylic acids is 2. The van der Waals surface area contributed by atoms with E-state index in [1.165, 1.54) is 0 Å². The third-order valence-electron chi connectivity index (χ3n) is 4.69. The van der Waals surface area contributed by atoms with Gasteiger partial charge in [0.2, 0.25) is 5.91 Å². The van der Waals surface area contributed by atoms with Crippen molar-refractivity contribution < 1.29 is 14.3 Å². The van der Waals surface area contributed by atoms with Crippen LogP contribution in [0, 0.1) is 0 Å². The Labute approximate surface area is 190 Å². The standard InChI is InChI=1S/C24H24BrN3O3/c1-31-22-13-7-18(8-14-22)24(30)27-16-4-6-23(29)28(17-20-5-2-3-15-26-20)21-11-9-19(25)10-12-21/h2-3,5,7-15H,4,6,16-17H2,1H3,(H,27,30). The average molecular weight is 482 g/mol. The summed E-state index contributed by atoms with van der Waals surface area (Å²) < 4.78 is 6.05. The number of ether oxygens (including phenoxy) is 1. The van der Waals surface area contributed by atoms with E-state index in [4.69, 9.17) is 4.74 Å². The molecule has 0 spiro atoms. The molecule has 2 amide bonds. The van der Waals surface area contributed by atoms with Gasteiger partial charge in [0, 0.05) is 34.9 Å². The van der Waals surface area contributed by atoms with Crippen LogP contribution >= 0.6 is 15.9 Å². The molecule has 0 saturated carbocycles. The third-order valence-corrected chi connectivity index (χ3v) is 5.22. The molecule has 3 aromatic rings. The van der Waals surface area contributed by atoms with Gasteiger partial charge in [0.05, 0.1) is 19.3 Å². The molecule has 0 saturated heterocycles. The van der Waals surface area contributed by atoms with Crippen molar-refractivity contribution in [1.29, 1.82) is 0 Å². The molecule has 0 aliphatic heterocycles. The molecule has 7 heteroatoms. The Balaban J connectivity index is 1.56. The second kappa shape index (κ2) is 11.3. The molecule has 0 aliphatic rings. The Bertz CT molecular complexity index is 993. The van der Waals surface area contributed by atoms with Gasteiger partial charge in [0.1, 0.15) is 5.75 Å². The number of carbonyl (C=O) groups is 2. The summed E-state index contributed by atoms with van der Waals surface area (Å²) in [4.78, 5) is 31.3. The molecule has 0 atom stereocenters. The van der Waals surface area contributed by atoms with Gasteiger partial charge < -0.3 is 15.0 Å². The third kappa shape index (κ3) is 6.65. The van der Waals surface area contributed by atoms with E-state index in [1.54, 1.807) is 42.5 Å². The lowest BCUT2D eigenvalue weighted by Gasteiger charge is -2.23. The Kier molecular flexibility index (Phi) is 8.18. The van der Waals surface area contributed by atoms with Gasteiger partial charge in [-0.1, -0.05) is 22.0 Å². The minimum absolute atomic E-state index is 0.0216. The van der Waals surface area contributed by atoms with Crippen molar-refractivity contribution >= 4 is 33.4 Å². The molecular formula is C24H24BrN3O3. The molecule has 31 heavy (non-hydrogen) atoms. The fourth-order valence-corrected chi connectivity index (χ4v) is 3.28. The Morgan fingerprint density at radius 1 is 1.03 bits per heavy atom. The lowest BCUT2D eigenvalue weighted by Crippen LogP contribution is -2.32. The van der Waals surface area contributed by atoms with Crippen molar-refractivity contribution in [2.75, 3.05) is 18.6 Å². The maximum atomic E-state index is 13.0. The quantitative estimate of drug-likeness (QED) is 0.453. The molecule has 0 radical (unpaired) electrons. The Morgan fingerprint density at radius 2 is 1.77 bits per heavy atom. The SMILES string of the molecule is COc1ccc(C(=O)NCCCC(=O)N(Cc2ccccn2)c2ccc(Br)cc2)cc1. The highest BCUT2D eigenvalue weighted by Crippen LogP contribution is 2.21. The van der Waals surface area contributed by atoms with Crippen molar-refractivity contribution in [3.63, 3.8) is 0 Å². The van der Waals surface area contributed by atoms with Crippen LogP contribution in [-0.4, -0.2) is 30.5 Å². The zero-order valence-corrected chi connectivity index (χ0v) is 18.8. The first-order chi connectivity index (χ1) is 15.1. The summed E-state index contributed by atoms with van der Waals surface area (Å²) in [5.74, 6) is 0.503. The monoisotopic (exact) mass is 481 g/mol. The smallest absolute Gasteiger partial charge is 0.251 e. The summed E-state index contributed by atoms with van der Waals surface area (Å²) in [6.45, 7) is 0.799.